The van der Waals surface area contributed by atoms with Gasteiger partial charge >= 0.3 is 0 Å². The van der Waals surface area contributed by atoms with Crippen molar-refractivity contribution >= 4 is 10.8 Å². The van der Waals surface area contributed by atoms with Crippen molar-refractivity contribution in [1.82, 2.24) is 9.80 Å². The quantitative estimate of drug-likeness (QED) is 0.835. The van der Waals surface area contributed by atoms with Crippen molar-refractivity contribution in [2.45, 2.75) is 50.4 Å². The predicted octanol–water partition coefficient (Wildman–Crippen LogP) is 2.73. The monoisotopic (exact) mass is 308 g/mol. The van der Waals surface area contributed by atoms with Gasteiger partial charge in [-0.05, 0) is 31.5 Å². The third-order valence-electron chi connectivity index (χ3n) is 4.10. The topological polar surface area (TPSA) is 23.6 Å². The molecule has 0 bridgehead atoms. The van der Waals surface area contributed by atoms with E-state index in [0.717, 1.165) is 37.6 Å². The maximum Gasteiger partial charge on any atom is 0.0555 e. The van der Waals surface area contributed by atoms with Crippen molar-refractivity contribution in [1.29, 1.82) is 0 Å². The fourth-order valence-electron chi connectivity index (χ4n) is 2.74. The van der Waals surface area contributed by atoms with Crippen LogP contribution in [0, 0.1) is 0 Å². The van der Waals surface area contributed by atoms with E-state index in [1.54, 1.807) is 0 Å². The SMILES string of the molecule is CC(C)N1CCN(Cc2cccc(S(=O)C(C)C)c2)CC1. The maximum atomic E-state index is 12.2. The number of nitrogens with zero attached hydrogens (tertiary/aromatic N) is 2. The van der Waals surface area contributed by atoms with E-state index in [2.05, 4.69) is 35.8 Å². The van der Waals surface area contributed by atoms with Gasteiger partial charge in [-0.15, -0.1) is 0 Å². The van der Waals surface area contributed by atoms with Crippen molar-refractivity contribution in [2.24, 2.45) is 0 Å². The first-order chi connectivity index (χ1) is 9.97. The Labute approximate surface area is 131 Å². The van der Waals surface area contributed by atoms with Gasteiger partial charge in [-0.3, -0.25) is 14.0 Å². The summed E-state index contributed by atoms with van der Waals surface area (Å²) < 4.78 is 12.2. The van der Waals surface area contributed by atoms with Crippen molar-refractivity contribution in [3.63, 3.8) is 0 Å². The molecule has 1 atom stereocenters. The summed E-state index contributed by atoms with van der Waals surface area (Å²) in [6.07, 6.45) is 0. The lowest BCUT2D eigenvalue weighted by Crippen LogP contribution is -2.48. The van der Waals surface area contributed by atoms with E-state index in [-0.39, 0.29) is 5.25 Å². The molecule has 1 aliphatic heterocycles. The van der Waals surface area contributed by atoms with Crippen LogP contribution >= 0.6 is 0 Å². The fourth-order valence-corrected chi connectivity index (χ4v) is 3.76. The minimum atomic E-state index is -0.891. The first-order valence-corrected chi connectivity index (χ1v) is 9.14. The molecule has 3 nitrogen and oxygen atoms in total. The number of hydrogen-bond donors (Lipinski definition) is 0. The molecule has 0 aliphatic carbocycles. The van der Waals surface area contributed by atoms with Crippen LogP contribution in [0.4, 0.5) is 0 Å². The van der Waals surface area contributed by atoms with Gasteiger partial charge in [0.1, 0.15) is 0 Å². The first kappa shape index (κ1) is 16.7. The molecule has 21 heavy (non-hydrogen) atoms. The summed E-state index contributed by atoms with van der Waals surface area (Å²) in [4.78, 5) is 5.99. The van der Waals surface area contributed by atoms with Gasteiger partial charge in [-0.1, -0.05) is 26.0 Å². The molecule has 0 radical (unpaired) electrons. The zero-order valence-corrected chi connectivity index (χ0v) is 14.5. The number of hydrogen-bond acceptors (Lipinski definition) is 3. The van der Waals surface area contributed by atoms with Gasteiger partial charge in [0.15, 0.2) is 0 Å². The summed E-state index contributed by atoms with van der Waals surface area (Å²) in [5, 5.41) is 0.176. The van der Waals surface area contributed by atoms with Crippen LogP contribution in [0.1, 0.15) is 33.3 Å². The van der Waals surface area contributed by atoms with E-state index in [0.29, 0.717) is 6.04 Å². The van der Waals surface area contributed by atoms with Crippen molar-refractivity contribution < 1.29 is 4.21 Å². The van der Waals surface area contributed by atoms with Gasteiger partial charge in [0.05, 0.1) is 10.8 Å². The van der Waals surface area contributed by atoms with Gasteiger partial charge in [-0.25, -0.2) is 0 Å². The molecule has 2 rings (SSSR count). The summed E-state index contributed by atoms with van der Waals surface area (Å²) in [6.45, 7) is 14.0. The third-order valence-corrected chi connectivity index (χ3v) is 5.68. The minimum absolute atomic E-state index is 0.176. The molecule has 0 spiro atoms. The minimum Gasteiger partial charge on any atom is -0.298 e. The van der Waals surface area contributed by atoms with Gasteiger partial charge in [0.2, 0.25) is 0 Å². The molecule has 118 valence electrons. The van der Waals surface area contributed by atoms with Gasteiger partial charge in [-0.2, -0.15) is 0 Å². The van der Waals surface area contributed by atoms with Crippen LogP contribution in [-0.4, -0.2) is 51.5 Å². The van der Waals surface area contributed by atoms with E-state index >= 15 is 0 Å². The Kier molecular flexibility index (Phi) is 5.97. The summed E-state index contributed by atoms with van der Waals surface area (Å²) in [6, 6.07) is 8.93. The Morgan fingerprint density at radius 1 is 1.10 bits per heavy atom. The smallest absolute Gasteiger partial charge is 0.0555 e. The predicted molar refractivity (Wildman–Crippen MR) is 90.0 cm³/mol. The molecule has 0 aromatic heterocycles. The molecular weight excluding hydrogens is 280 g/mol. The van der Waals surface area contributed by atoms with Gasteiger partial charge in [0, 0.05) is 48.9 Å². The van der Waals surface area contributed by atoms with Crippen molar-refractivity contribution in [3.05, 3.63) is 29.8 Å². The molecule has 1 saturated heterocycles. The van der Waals surface area contributed by atoms with Crippen LogP contribution in [-0.2, 0) is 17.3 Å². The van der Waals surface area contributed by atoms with Crippen LogP contribution in [0.15, 0.2) is 29.2 Å². The van der Waals surface area contributed by atoms with Crippen LogP contribution in [0.2, 0.25) is 0 Å². The van der Waals surface area contributed by atoms with Gasteiger partial charge in [0.25, 0.3) is 0 Å². The average molecular weight is 308 g/mol. The Balaban J connectivity index is 1.95. The molecule has 1 aliphatic rings. The summed E-state index contributed by atoms with van der Waals surface area (Å²) in [7, 11) is -0.891. The van der Waals surface area contributed by atoms with E-state index < -0.39 is 10.8 Å². The summed E-state index contributed by atoms with van der Waals surface area (Å²) in [5.74, 6) is 0. The molecule has 1 aromatic carbocycles. The third kappa shape index (κ3) is 4.63. The lowest BCUT2D eigenvalue weighted by molar-refractivity contribution is 0.104. The molecule has 1 fully saturated rings. The van der Waals surface area contributed by atoms with Crippen molar-refractivity contribution in [2.75, 3.05) is 26.2 Å². The molecule has 4 heteroatoms. The molecule has 0 amide bonds. The molecule has 1 aromatic rings. The lowest BCUT2D eigenvalue weighted by atomic mass is 10.2. The highest BCUT2D eigenvalue weighted by molar-refractivity contribution is 7.85. The zero-order chi connectivity index (χ0) is 15.4. The van der Waals surface area contributed by atoms with E-state index in [9.17, 15) is 4.21 Å². The lowest BCUT2D eigenvalue weighted by Gasteiger charge is -2.37. The number of piperazine rings is 1. The number of benzene rings is 1. The highest BCUT2D eigenvalue weighted by Gasteiger charge is 2.19. The second-order valence-corrected chi connectivity index (χ2v) is 8.41. The Hall–Kier alpha value is -0.710. The molecule has 0 N–H and O–H groups in total. The van der Waals surface area contributed by atoms with Crippen LogP contribution in [0.25, 0.3) is 0 Å². The Morgan fingerprint density at radius 2 is 1.76 bits per heavy atom. The standard InChI is InChI=1S/C17H28N2OS/c1-14(2)19-10-8-18(9-11-19)13-16-6-5-7-17(12-16)21(20)15(3)4/h5-7,12,14-15H,8-11,13H2,1-4H3. The Bertz CT molecular complexity index is 479. The normalized spacial score (nSPS) is 19.3. The van der Waals surface area contributed by atoms with Crippen LogP contribution in [0.3, 0.4) is 0 Å². The van der Waals surface area contributed by atoms with Crippen LogP contribution in [0.5, 0.6) is 0 Å². The second-order valence-electron chi connectivity index (χ2n) is 6.40. The highest BCUT2D eigenvalue weighted by atomic mass is 32.2. The van der Waals surface area contributed by atoms with E-state index in [4.69, 9.17) is 0 Å². The Morgan fingerprint density at radius 3 is 2.33 bits per heavy atom. The average Bonchev–Trinajstić information content (AvgIpc) is 2.47. The van der Waals surface area contributed by atoms with Crippen molar-refractivity contribution in [3.8, 4) is 0 Å². The van der Waals surface area contributed by atoms with Crippen LogP contribution < -0.4 is 0 Å². The van der Waals surface area contributed by atoms with Gasteiger partial charge < -0.3 is 0 Å². The zero-order valence-electron chi connectivity index (χ0n) is 13.7. The fraction of sp³-hybridized carbons (Fsp3) is 0.647. The van der Waals surface area contributed by atoms with E-state index in [1.807, 2.05) is 26.0 Å². The highest BCUT2D eigenvalue weighted by Crippen LogP contribution is 2.16. The number of rotatable bonds is 5. The summed E-state index contributed by atoms with van der Waals surface area (Å²) >= 11 is 0. The second kappa shape index (κ2) is 7.52. The van der Waals surface area contributed by atoms with E-state index in [1.165, 1.54) is 5.56 Å². The maximum absolute atomic E-state index is 12.2. The molecule has 1 unspecified atom stereocenters. The first-order valence-electron chi connectivity index (χ1n) is 7.93. The molecule has 1 heterocycles. The largest absolute Gasteiger partial charge is 0.298 e. The molecule has 0 saturated carbocycles. The summed E-state index contributed by atoms with van der Waals surface area (Å²) in [5.41, 5.74) is 1.28. The molecular formula is C17H28N2OS.